The van der Waals surface area contributed by atoms with Crippen molar-refractivity contribution in [1.82, 2.24) is 9.55 Å². The van der Waals surface area contributed by atoms with Crippen molar-refractivity contribution in [2.45, 2.75) is 0 Å². The van der Waals surface area contributed by atoms with Gasteiger partial charge in [0.25, 0.3) is 0 Å². The maximum Gasteiger partial charge on any atom is 0.124 e. The van der Waals surface area contributed by atoms with E-state index in [9.17, 15) is 21.0 Å². The summed E-state index contributed by atoms with van der Waals surface area (Å²) in [6.07, 6.45) is 0. The first kappa shape index (κ1) is 28.4. The third-order valence-corrected chi connectivity index (χ3v) is 9.64. The fourth-order valence-corrected chi connectivity index (χ4v) is 7.18. The molecule has 0 amide bonds. The van der Waals surface area contributed by atoms with E-state index in [2.05, 4.69) is 71.3 Å². The van der Waals surface area contributed by atoms with E-state index in [1.165, 1.54) is 0 Å². The minimum absolute atomic E-state index is 0.326. The maximum absolute atomic E-state index is 9.76. The molecule has 2 aromatic heterocycles. The fraction of sp³-hybridized carbons (Fsp3) is 0. The molecule has 0 bridgehead atoms. The highest BCUT2D eigenvalue weighted by Crippen LogP contribution is 2.39. The molecular formula is C41H20N6S. The van der Waals surface area contributed by atoms with E-state index in [0.717, 1.165) is 70.5 Å². The van der Waals surface area contributed by atoms with E-state index < -0.39 is 0 Å². The van der Waals surface area contributed by atoms with Gasteiger partial charge in [-0.2, -0.15) is 21.0 Å². The number of benzene rings is 6. The predicted octanol–water partition coefficient (Wildman–Crippen LogP) is 9.88. The smallest absolute Gasteiger partial charge is 0.124 e. The van der Waals surface area contributed by atoms with Crippen LogP contribution >= 0.6 is 11.3 Å². The van der Waals surface area contributed by atoms with Crippen LogP contribution in [0.5, 0.6) is 0 Å². The van der Waals surface area contributed by atoms with Crippen molar-refractivity contribution in [3.63, 3.8) is 0 Å². The number of nitriles is 4. The van der Waals surface area contributed by atoms with Crippen LogP contribution in [0.25, 0.3) is 70.5 Å². The standard InChI is InChI=1S/C41H20N6S/c42-21-25-5-11-34(12-6-25)47-38-13-7-26(22-43)15-35(38)36-20-28(10-14-39(36)47)31-17-30(27-8-9-29(23-44)33(16-27)24-45)18-32(19-31)41-46-37-3-1-2-4-40(37)48-41/h1-20H. The van der Waals surface area contributed by atoms with Gasteiger partial charge >= 0.3 is 0 Å². The second kappa shape index (κ2) is 11.4. The normalized spacial score (nSPS) is 10.8. The zero-order valence-electron chi connectivity index (χ0n) is 25.1. The van der Waals surface area contributed by atoms with E-state index in [1.54, 1.807) is 35.6 Å². The maximum atomic E-state index is 9.76. The summed E-state index contributed by atoms with van der Waals surface area (Å²) in [6.45, 7) is 0. The predicted molar refractivity (Wildman–Crippen MR) is 189 cm³/mol. The zero-order valence-corrected chi connectivity index (χ0v) is 26.0. The molecule has 2 heterocycles. The Morgan fingerprint density at radius 2 is 1.12 bits per heavy atom. The molecule has 48 heavy (non-hydrogen) atoms. The van der Waals surface area contributed by atoms with Crippen LogP contribution in [0.3, 0.4) is 0 Å². The largest absolute Gasteiger partial charge is 0.309 e. The van der Waals surface area contributed by atoms with Crippen molar-refractivity contribution in [3.8, 4) is 62.8 Å². The number of rotatable bonds is 4. The van der Waals surface area contributed by atoms with Crippen LogP contribution < -0.4 is 0 Å². The Kier molecular flexibility index (Phi) is 6.76. The molecule has 6 aromatic carbocycles. The second-order valence-corrected chi connectivity index (χ2v) is 12.4. The van der Waals surface area contributed by atoms with Gasteiger partial charge in [0.2, 0.25) is 0 Å². The summed E-state index contributed by atoms with van der Waals surface area (Å²) in [6, 6.07) is 48.0. The molecule has 0 aliphatic rings. The van der Waals surface area contributed by atoms with Crippen LogP contribution in [0.2, 0.25) is 0 Å². The van der Waals surface area contributed by atoms with Crippen LogP contribution in [0.15, 0.2) is 121 Å². The van der Waals surface area contributed by atoms with Crippen molar-refractivity contribution in [2.75, 3.05) is 0 Å². The Balaban J connectivity index is 1.37. The first-order valence-corrected chi connectivity index (χ1v) is 15.8. The molecule has 0 spiro atoms. The summed E-state index contributed by atoms with van der Waals surface area (Å²) in [5, 5.41) is 41.2. The lowest BCUT2D eigenvalue weighted by Gasteiger charge is -2.11. The van der Waals surface area contributed by atoms with E-state index >= 15 is 0 Å². The first-order chi connectivity index (χ1) is 23.6. The third-order valence-electron chi connectivity index (χ3n) is 8.55. The number of fused-ring (bicyclic) bond motifs is 4. The van der Waals surface area contributed by atoms with Crippen LogP contribution in [-0.4, -0.2) is 9.55 Å². The average molecular weight is 629 g/mol. The Hall–Kier alpha value is -7.03. The van der Waals surface area contributed by atoms with Gasteiger partial charge in [-0.25, -0.2) is 4.98 Å². The van der Waals surface area contributed by atoms with E-state index in [4.69, 9.17) is 4.98 Å². The molecule has 0 fully saturated rings. The number of aromatic nitrogens is 2. The Bertz CT molecular complexity index is 2740. The minimum Gasteiger partial charge on any atom is -0.309 e. The molecule has 0 atom stereocenters. The van der Waals surface area contributed by atoms with Crippen LogP contribution in [0, 0.1) is 45.3 Å². The number of para-hydroxylation sites is 1. The molecule has 7 heteroatoms. The number of thiazole rings is 1. The highest BCUT2D eigenvalue weighted by molar-refractivity contribution is 7.21. The lowest BCUT2D eigenvalue weighted by Crippen LogP contribution is -1.94. The van der Waals surface area contributed by atoms with Crippen molar-refractivity contribution in [1.29, 1.82) is 21.0 Å². The molecule has 220 valence electrons. The quantitative estimate of drug-likeness (QED) is 0.192. The zero-order chi connectivity index (χ0) is 32.8. The molecule has 8 aromatic rings. The number of hydrogen-bond acceptors (Lipinski definition) is 6. The van der Waals surface area contributed by atoms with Crippen molar-refractivity contribution < 1.29 is 0 Å². The Morgan fingerprint density at radius 1 is 0.500 bits per heavy atom. The number of hydrogen-bond donors (Lipinski definition) is 0. The monoisotopic (exact) mass is 628 g/mol. The van der Waals surface area contributed by atoms with E-state index in [-0.39, 0.29) is 0 Å². The van der Waals surface area contributed by atoms with Gasteiger partial charge in [-0.15, -0.1) is 11.3 Å². The van der Waals surface area contributed by atoms with Gasteiger partial charge in [-0.3, -0.25) is 0 Å². The van der Waals surface area contributed by atoms with Gasteiger partial charge in [0.1, 0.15) is 17.1 Å². The topological polar surface area (TPSA) is 113 Å². The molecule has 0 radical (unpaired) electrons. The van der Waals surface area contributed by atoms with Crippen LogP contribution in [-0.2, 0) is 0 Å². The van der Waals surface area contributed by atoms with E-state index in [0.29, 0.717) is 22.3 Å². The molecule has 8 rings (SSSR count). The third kappa shape index (κ3) is 4.73. The van der Waals surface area contributed by atoms with E-state index in [1.807, 2.05) is 54.6 Å². The summed E-state index contributed by atoms with van der Waals surface area (Å²) in [5.74, 6) is 0. The van der Waals surface area contributed by atoms with Crippen molar-refractivity contribution in [2.24, 2.45) is 0 Å². The molecule has 0 unspecified atom stereocenters. The fourth-order valence-electron chi connectivity index (χ4n) is 6.23. The second-order valence-electron chi connectivity index (χ2n) is 11.3. The first-order valence-electron chi connectivity index (χ1n) is 15.0. The average Bonchev–Trinajstić information content (AvgIpc) is 3.73. The molecule has 0 saturated carbocycles. The molecular weight excluding hydrogens is 609 g/mol. The summed E-state index contributed by atoms with van der Waals surface area (Å²) < 4.78 is 3.25. The van der Waals surface area contributed by atoms with Gasteiger partial charge < -0.3 is 4.57 Å². The van der Waals surface area contributed by atoms with Gasteiger partial charge in [0.05, 0.1) is 55.6 Å². The summed E-state index contributed by atoms with van der Waals surface area (Å²) in [7, 11) is 0. The van der Waals surface area contributed by atoms with Crippen molar-refractivity contribution in [3.05, 3.63) is 144 Å². The molecule has 0 N–H and O–H groups in total. The Labute approximate surface area is 279 Å². The Morgan fingerprint density at radius 3 is 1.83 bits per heavy atom. The lowest BCUT2D eigenvalue weighted by atomic mass is 9.94. The SMILES string of the molecule is N#Cc1ccc(-n2c3ccc(C#N)cc3c3cc(-c4cc(-c5ccc(C#N)c(C#N)c5)cc(-c5nc6ccccc6s5)c4)ccc32)cc1. The van der Waals surface area contributed by atoms with Crippen LogP contribution in [0.1, 0.15) is 22.3 Å². The summed E-state index contributed by atoms with van der Waals surface area (Å²) >= 11 is 1.62. The molecule has 0 aliphatic carbocycles. The van der Waals surface area contributed by atoms with Gasteiger partial charge in [0, 0.05) is 22.0 Å². The number of nitrogens with zero attached hydrogens (tertiary/aromatic N) is 6. The van der Waals surface area contributed by atoms with Gasteiger partial charge in [-0.05, 0) is 119 Å². The van der Waals surface area contributed by atoms with Crippen LogP contribution in [0.4, 0.5) is 0 Å². The summed E-state index contributed by atoms with van der Waals surface area (Å²) in [4.78, 5) is 4.94. The molecule has 0 saturated heterocycles. The molecule has 0 aliphatic heterocycles. The highest BCUT2D eigenvalue weighted by Gasteiger charge is 2.17. The summed E-state index contributed by atoms with van der Waals surface area (Å²) in [5.41, 5.74) is 10.2. The van der Waals surface area contributed by atoms with Gasteiger partial charge in [0.15, 0.2) is 0 Å². The lowest BCUT2D eigenvalue weighted by molar-refractivity contribution is 1.18. The minimum atomic E-state index is 0.326. The highest BCUT2D eigenvalue weighted by atomic mass is 32.1. The van der Waals surface area contributed by atoms with Crippen molar-refractivity contribution >= 4 is 43.4 Å². The van der Waals surface area contributed by atoms with Gasteiger partial charge in [-0.1, -0.05) is 24.3 Å². The molecule has 6 nitrogen and oxygen atoms in total.